The molecule has 4 aliphatic rings. The van der Waals surface area contributed by atoms with Crippen molar-refractivity contribution in [3.05, 3.63) is 35.5 Å². The van der Waals surface area contributed by atoms with Gasteiger partial charge in [0.1, 0.15) is 11.4 Å². The first kappa shape index (κ1) is 20.6. The third kappa shape index (κ3) is 3.72. The highest BCUT2D eigenvalue weighted by Gasteiger charge is 2.43. The number of rotatable bonds is 4. The van der Waals surface area contributed by atoms with Gasteiger partial charge in [-0.25, -0.2) is 4.98 Å². The lowest BCUT2D eigenvalue weighted by Crippen LogP contribution is -2.54. The first-order chi connectivity index (χ1) is 15.7. The number of benzene rings is 1. The molecule has 3 saturated heterocycles. The molecule has 2 aromatic rings. The number of nitrogens with one attached hydrogen (secondary N) is 1. The number of fused-ring (bicyclic) bond motifs is 3. The van der Waals surface area contributed by atoms with E-state index in [0.717, 1.165) is 67.9 Å². The second kappa shape index (κ2) is 8.39. The van der Waals surface area contributed by atoms with E-state index < -0.39 is 11.2 Å². The molecule has 3 atom stereocenters. The SMILES string of the molecule is Cc1ccc(N2CC3CC[C@H](C2)N3c2nc3c(c(NC4CCOCC4)n2)[S+]([O-])CC3)cc1. The molecule has 4 aliphatic heterocycles. The van der Waals surface area contributed by atoms with Crippen LogP contribution in [0.1, 0.15) is 36.9 Å². The highest BCUT2D eigenvalue weighted by atomic mass is 32.2. The van der Waals surface area contributed by atoms with Crippen molar-refractivity contribution in [2.24, 2.45) is 0 Å². The van der Waals surface area contributed by atoms with Gasteiger partial charge in [0.2, 0.25) is 10.8 Å². The molecule has 32 heavy (non-hydrogen) atoms. The predicted octanol–water partition coefficient (Wildman–Crippen LogP) is 2.90. The van der Waals surface area contributed by atoms with Gasteiger partial charge in [-0.05, 0) is 55.9 Å². The van der Waals surface area contributed by atoms with E-state index in [1.54, 1.807) is 0 Å². The van der Waals surface area contributed by atoms with Crippen molar-refractivity contribution >= 4 is 28.6 Å². The molecule has 1 aromatic carbocycles. The first-order valence-corrected chi connectivity index (χ1v) is 13.2. The zero-order valence-corrected chi connectivity index (χ0v) is 19.4. The Morgan fingerprint density at radius 2 is 1.75 bits per heavy atom. The number of ether oxygens (including phenoxy) is 1. The molecule has 3 fully saturated rings. The molecule has 0 aliphatic carbocycles. The minimum Gasteiger partial charge on any atom is -0.611 e. The first-order valence-electron chi connectivity index (χ1n) is 11.9. The number of hydrogen-bond donors (Lipinski definition) is 1. The second-order valence-electron chi connectivity index (χ2n) is 9.51. The van der Waals surface area contributed by atoms with Gasteiger partial charge in [0.15, 0.2) is 5.82 Å². The summed E-state index contributed by atoms with van der Waals surface area (Å²) in [6, 6.07) is 10.0. The highest BCUT2D eigenvalue weighted by Crippen LogP contribution is 2.38. The van der Waals surface area contributed by atoms with Gasteiger partial charge < -0.3 is 24.4 Å². The quantitative estimate of drug-likeness (QED) is 0.714. The summed E-state index contributed by atoms with van der Waals surface area (Å²) in [6.07, 6.45) is 5.03. The number of nitrogens with zero attached hydrogens (tertiary/aromatic N) is 4. The molecule has 8 heteroatoms. The van der Waals surface area contributed by atoms with E-state index >= 15 is 0 Å². The van der Waals surface area contributed by atoms with Gasteiger partial charge in [-0.1, -0.05) is 17.7 Å². The number of piperazine rings is 1. The van der Waals surface area contributed by atoms with E-state index in [2.05, 4.69) is 46.3 Å². The molecule has 0 radical (unpaired) electrons. The average molecular weight is 454 g/mol. The summed E-state index contributed by atoms with van der Waals surface area (Å²) in [7, 11) is 0. The van der Waals surface area contributed by atoms with Crippen molar-refractivity contribution in [3.63, 3.8) is 0 Å². The standard InChI is InChI=1S/C24H31N5O2S/c1-16-2-4-18(5-3-16)28-14-19-6-7-20(15-28)29(19)24-26-21-10-13-32(30)22(21)23(27-24)25-17-8-11-31-12-9-17/h2-5,17,19-20H,6-15H2,1H3,(H,25,26,27)/t19-,20?,32?/m1/s1. The Labute approximate surface area is 192 Å². The Morgan fingerprint density at radius 3 is 2.47 bits per heavy atom. The van der Waals surface area contributed by atoms with Gasteiger partial charge in [0, 0.05) is 56.5 Å². The van der Waals surface area contributed by atoms with Crippen LogP contribution in [-0.4, -0.2) is 64.7 Å². The topological polar surface area (TPSA) is 76.6 Å². The predicted molar refractivity (Wildman–Crippen MR) is 127 cm³/mol. The summed E-state index contributed by atoms with van der Waals surface area (Å²) in [6.45, 7) is 5.66. The molecular weight excluding hydrogens is 422 g/mol. The maximum atomic E-state index is 12.7. The van der Waals surface area contributed by atoms with Crippen molar-refractivity contribution in [2.45, 2.75) is 62.0 Å². The zero-order valence-electron chi connectivity index (χ0n) is 18.6. The Bertz CT molecular complexity index is 967. The summed E-state index contributed by atoms with van der Waals surface area (Å²) in [5.41, 5.74) is 3.58. The lowest BCUT2D eigenvalue weighted by molar-refractivity contribution is 0.0903. The van der Waals surface area contributed by atoms with Crippen molar-refractivity contribution in [2.75, 3.05) is 47.2 Å². The Kier molecular flexibility index (Phi) is 5.39. The fraction of sp³-hybridized carbons (Fsp3) is 0.583. The number of aromatic nitrogens is 2. The second-order valence-corrected chi connectivity index (χ2v) is 11.0. The molecular formula is C24H31N5O2S. The molecule has 7 nitrogen and oxygen atoms in total. The van der Waals surface area contributed by atoms with Gasteiger partial charge in [-0.3, -0.25) is 0 Å². The van der Waals surface area contributed by atoms with E-state index in [9.17, 15) is 4.55 Å². The maximum absolute atomic E-state index is 12.7. The summed E-state index contributed by atoms with van der Waals surface area (Å²) >= 11 is -1.01. The van der Waals surface area contributed by atoms with Gasteiger partial charge in [0.05, 0.1) is 0 Å². The lowest BCUT2D eigenvalue weighted by Gasteiger charge is -2.42. The summed E-state index contributed by atoms with van der Waals surface area (Å²) in [4.78, 5) is 15.8. The smallest absolute Gasteiger partial charge is 0.228 e. The Balaban J connectivity index is 1.28. The lowest BCUT2D eigenvalue weighted by atomic mass is 10.1. The monoisotopic (exact) mass is 453 g/mol. The molecule has 2 bridgehead atoms. The normalized spacial score (nSPS) is 27.6. The highest BCUT2D eigenvalue weighted by molar-refractivity contribution is 7.91. The van der Waals surface area contributed by atoms with Crippen molar-refractivity contribution in [3.8, 4) is 0 Å². The zero-order chi connectivity index (χ0) is 21.7. The fourth-order valence-electron chi connectivity index (χ4n) is 5.63. The molecule has 170 valence electrons. The number of hydrogen-bond acceptors (Lipinski definition) is 7. The molecule has 1 N–H and O–H groups in total. The van der Waals surface area contributed by atoms with Crippen LogP contribution in [0.15, 0.2) is 29.2 Å². The van der Waals surface area contributed by atoms with E-state index in [1.807, 2.05) is 0 Å². The van der Waals surface area contributed by atoms with Gasteiger partial charge in [-0.2, -0.15) is 4.98 Å². The third-order valence-corrected chi connectivity index (χ3v) is 8.81. The largest absolute Gasteiger partial charge is 0.611 e. The van der Waals surface area contributed by atoms with Gasteiger partial charge in [0.25, 0.3) is 0 Å². The Morgan fingerprint density at radius 1 is 1.03 bits per heavy atom. The molecule has 1 aromatic heterocycles. The fourth-order valence-corrected chi connectivity index (χ4v) is 6.94. The molecule has 5 heterocycles. The van der Waals surface area contributed by atoms with Crippen LogP contribution in [0.2, 0.25) is 0 Å². The van der Waals surface area contributed by atoms with Crippen LogP contribution in [0.3, 0.4) is 0 Å². The van der Waals surface area contributed by atoms with Crippen molar-refractivity contribution < 1.29 is 9.29 Å². The van der Waals surface area contributed by atoms with Crippen LogP contribution in [-0.2, 0) is 22.3 Å². The Hall–Kier alpha value is -2.03. The molecule has 0 spiro atoms. The summed E-state index contributed by atoms with van der Waals surface area (Å²) in [5.74, 6) is 2.28. The van der Waals surface area contributed by atoms with Crippen LogP contribution < -0.4 is 15.1 Å². The van der Waals surface area contributed by atoms with Crippen molar-refractivity contribution in [1.82, 2.24) is 9.97 Å². The van der Waals surface area contributed by atoms with Gasteiger partial charge in [-0.15, -0.1) is 0 Å². The molecule has 2 unspecified atom stereocenters. The minimum absolute atomic E-state index is 0.323. The van der Waals surface area contributed by atoms with Crippen LogP contribution in [0.4, 0.5) is 17.5 Å². The third-order valence-electron chi connectivity index (χ3n) is 7.35. The molecule has 6 rings (SSSR count). The van der Waals surface area contributed by atoms with Crippen molar-refractivity contribution in [1.29, 1.82) is 0 Å². The average Bonchev–Trinajstić information content (AvgIpc) is 3.31. The molecule has 0 saturated carbocycles. The van der Waals surface area contributed by atoms with Crippen LogP contribution in [0.25, 0.3) is 0 Å². The van der Waals surface area contributed by atoms with E-state index in [1.165, 1.54) is 24.1 Å². The maximum Gasteiger partial charge on any atom is 0.228 e. The number of aryl methyl sites for hydroxylation is 2. The van der Waals surface area contributed by atoms with Crippen LogP contribution in [0.5, 0.6) is 0 Å². The van der Waals surface area contributed by atoms with Crippen LogP contribution in [0, 0.1) is 6.92 Å². The molecule has 0 amide bonds. The summed E-state index contributed by atoms with van der Waals surface area (Å²) in [5, 5.41) is 3.62. The van der Waals surface area contributed by atoms with Gasteiger partial charge >= 0.3 is 0 Å². The van der Waals surface area contributed by atoms with E-state index in [-0.39, 0.29) is 0 Å². The minimum atomic E-state index is -1.01. The summed E-state index contributed by atoms with van der Waals surface area (Å²) < 4.78 is 18.2. The van der Waals surface area contributed by atoms with Crippen LogP contribution >= 0.6 is 0 Å². The number of anilines is 3. The van der Waals surface area contributed by atoms with E-state index in [0.29, 0.717) is 23.9 Å². The van der Waals surface area contributed by atoms with E-state index in [4.69, 9.17) is 14.7 Å².